The molecule has 0 aliphatic carbocycles. The van der Waals surface area contributed by atoms with Crippen LogP contribution in [0.5, 0.6) is 0 Å². The van der Waals surface area contributed by atoms with E-state index in [2.05, 4.69) is 48.5 Å². The summed E-state index contributed by atoms with van der Waals surface area (Å²) in [6, 6.07) is 0. The van der Waals surface area contributed by atoms with Crippen molar-refractivity contribution in [2.24, 2.45) is 17.8 Å². The van der Waals surface area contributed by atoms with E-state index in [1.165, 1.54) is 225 Å². The molecule has 0 aromatic carbocycles. The molecule has 100 heavy (non-hydrogen) atoms. The third kappa shape index (κ3) is 73.0. The molecule has 594 valence electrons. The summed E-state index contributed by atoms with van der Waals surface area (Å²) < 4.78 is 68.7. The van der Waals surface area contributed by atoms with Crippen molar-refractivity contribution >= 4 is 39.5 Å². The molecule has 0 bridgehead atoms. The predicted octanol–water partition coefficient (Wildman–Crippen LogP) is 24.1. The quantitative estimate of drug-likeness (QED) is 0.0222. The molecule has 0 saturated heterocycles. The van der Waals surface area contributed by atoms with E-state index >= 15 is 0 Å². The molecule has 0 aromatic heterocycles. The molecule has 0 amide bonds. The van der Waals surface area contributed by atoms with Gasteiger partial charge in [0, 0.05) is 25.7 Å². The number of carbonyl (C=O) groups is 4. The first kappa shape index (κ1) is 98.1. The number of hydrogen-bond donors (Lipinski definition) is 3. The zero-order chi connectivity index (χ0) is 73.7. The number of phosphoric acid groups is 2. The van der Waals surface area contributed by atoms with Crippen LogP contribution in [0, 0.1) is 17.8 Å². The molecule has 3 unspecified atom stereocenters. The van der Waals surface area contributed by atoms with E-state index < -0.39 is 97.5 Å². The summed E-state index contributed by atoms with van der Waals surface area (Å²) in [6.07, 6.45) is 59.7. The standard InChI is InChI=1S/C81H158O17P2/c1-8-10-11-12-13-14-15-16-17-18-19-22-25-28-34-41-48-55-62-78(83)91-68-76(97-80(85)64-57-50-42-35-29-26-23-20-21-24-27-32-38-45-52-59-72(3)4)70-95-99(87,88)93-66-75(82)67-94-100(89,90)96-71-77(69-92-79(84)63-56-49-44-37-39-46-53-60-73(5)6)98-81(86)65-58-51-43-36-31-30-33-40-47-54-61-74(7)9-2/h72-77,82H,8-71H2,1-7H3,(H,87,88)(H,89,90)/t74?,75-,76-,77-/m1/s1. The fourth-order valence-corrected chi connectivity index (χ4v) is 14.0. The molecule has 3 N–H and O–H groups in total. The van der Waals surface area contributed by atoms with Gasteiger partial charge in [-0.1, -0.05) is 370 Å². The van der Waals surface area contributed by atoms with Crippen LogP contribution in [0.25, 0.3) is 0 Å². The van der Waals surface area contributed by atoms with Crippen molar-refractivity contribution in [3.63, 3.8) is 0 Å². The lowest BCUT2D eigenvalue weighted by molar-refractivity contribution is -0.161. The van der Waals surface area contributed by atoms with Gasteiger partial charge in [-0.15, -0.1) is 0 Å². The van der Waals surface area contributed by atoms with Crippen LogP contribution in [0.15, 0.2) is 0 Å². The molecule has 0 radical (unpaired) electrons. The van der Waals surface area contributed by atoms with Gasteiger partial charge >= 0.3 is 39.5 Å². The van der Waals surface area contributed by atoms with Gasteiger partial charge in [-0.2, -0.15) is 0 Å². The molecule has 0 rings (SSSR count). The summed E-state index contributed by atoms with van der Waals surface area (Å²) in [5, 5.41) is 10.6. The highest BCUT2D eigenvalue weighted by Crippen LogP contribution is 2.45. The summed E-state index contributed by atoms with van der Waals surface area (Å²) in [7, 11) is -9.92. The van der Waals surface area contributed by atoms with Gasteiger partial charge in [0.2, 0.25) is 0 Å². The molecule has 0 aliphatic heterocycles. The van der Waals surface area contributed by atoms with Gasteiger partial charge in [-0.25, -0.2) is 9.13 Å². The van der Waals surface area contributed by atoms with Crippen molar-refractivity contribution in [1.82, 2.24) is 0 Å². The third-order valence-electron chi connectivity index (χ3n) is 19.2. The average Bonchev–Trinajstić information content (AvgIpc) is 1.05. The van der Waals surface area contributed by atoms with Crippen molar-refractivity contribution in [2.75, 3.05) is 39.6 Å². The van der Waals surface area contributed by atoms with Gasteiger partial charge in [0.1, 0.15) is 19.3 Å². The summed E-state index contributed by atoms with van der Waals surface area (Å²) in [5.41, 5.74) is 0. The Hall–Kier alpha value is -1.94. The molecule has 6 atom stereocenters. The van der Waals surface area contributed by atoms with Gasteiger partial charge in [0.05, 0.1) is 26.4 Å². The van der Waals surface area contributed by atoms with E-state index in [4.69, 9.17) is 37.0 Å². The van der Waals surface area contributed by atoms with Crippen LogP contribution in [0.2, 0.25) is 0 Å². The first-order chi connectivity index (χ1) is 48.3. The number of unbranched alkanes of at least 4 members (excludes halogenated alkanes) is 46. The molecule has 0 fully saturated rings. The Labute approximate surface area is 613 Å². The molecule has 17 nitrogen and oxygen atoms in total. The molecule has 19 heteroatoms. The van der Waals surface area contributed by atoms with E-state index in [0.717, 1.165) is 108 Å². The van der Waals surface area contributed by atoms with Gasteiger partial charge in [0.25, 0.3) is 0 Å². The van der Waals surface area contributed by atoms with E-state index in [0.29, 0.717) is 31.6 Å². The minimum absolute atomic E-state index is 0.105. The van der Waals surface area contributed by atoms with Gasteiger partial charge in [-0.3, -0.25) is 37.3 Å². The normalized spacial score (nSPS) is 14.2. The number of rotatable bonds is 79. The SMILES string of the molecule is CCCCCCCCCCCCCCCCCCCCC(=O)OC[C@H](COP(=O)(O)OC[C@@H](O)COP(=O)(O)OC[C@@H](COC(=O)CCCCCCCCCC(C)C)OC(=O)CCCCCCCCCCCCC(C)CC)OC(=O)CCCCCCCCCCCCCCCCCC(C)C. The molecule has 0 aliphatic rings. The van der Waals surface area contributed by atoms with Crippen LogP contribution in [0.3, 0.4) is 0 Å². The Bertz CT molecular complexity index is 1940. The zero-order valence-corrected chi connectivity index (χ0v) is 67.5. The Kier molecular flexibility index (Phi) is 69.9. The number of aliphatic hydroxyl groups excluding tert-OH is 1. The zero-order valence-electron chi connectivity index (χ0n) is 65.7. The lowest BCUT2D eigenvalue weighted by Gasteiger charge is -2.21. The van der Waals surface area contributed by atoms with Crippen LogP contribution in [-0.4, -0.2) is 96.7 Å². The second-order valence-electron chi connectivity index (χ2n) is 30.4. The van der Waals surface area contributed by atoms with Crippen LogP contribution in [0.1, 0.15) is 421 Å². The summed E-state index contributed by atoms with van der Waals surface area (Å²) in [6.45, 7) is 11.9. The molecular formula is C81H158O17P2. The van der Waals surface area contributed by atoms with Crippen LogP contribution >= 0.6 is 15.6 Å². The monoisotopic (exact) mass is 1470 g/mol. The lowest BCUT2D eigenvalue weighted by atomic mass is 9.99. The average molecular weight is 1470 g/mol. The number of hydrogen-bond acceptors (Lipinski definition) is 15. The van der Waals surface area contributed by atoms with Crippen LogP contribution < -0.4 is 0 Å². The van der Waals surface area contributed by atoms with Gasteiger partial charge in [0.15, 0.2) is 12.2 Å². The number of esters is 4. The van der Waals surface area contributed by atoms with Crippen molar-refractivity contribution < 1.29 is 80.2 Å². The van der Waals surface area contributed by atoms with E-state index in [9.17, 15) is 43.2 Å². The number of phosphoric ester groups is 2. The topological polar surface area (TPSA) is 237 Å². The van der Waals surface area contributed by atoms with Crippen LogP contribution in [0.4, 0.5) is 0 Å². The molecule has 0 saturated carbocycles. The van der Waals surface area contributed by atoms with Gasteiger partial charge < -0.3 is 33.8 Å². The smallest absolute Gasteiger partial charge is 0.462 e. The number of ether oxygens (including phenoxy) is 4. The van der Waals surface area contributed by atoms with Gasteiger partial charge in [-0.05, 0) is 43.4 Å². The second-order valence-corrected chi connectivity index (χ2v) is 33.3. The maximum Gasteiger partial charge on any atom is 0.472 e. The highest BCUT2D eigenvalue weighted by atomic mass is 31.2. The maximum atomic E-state index is 13.1. The maximum absolute atomic E-state index is 13.1. The molecule has 0 spiro atoms. The largest absolute Gasteiger partial charge is 0.472 e. The number of aliphatic hydroxyl groups is 1. The Morgan fingerprint density at radius 2 is 0.510 bits per heavy atom. The number of carbonyl (C=O) groups excluding carboxylic acids is 4. The van der Waals surface area contributed by atoms with Crippen molar-refractivity contribution in [1.29, 1.82) is 0 Å². The first-order valence-electron chi connectivity index (χ1n) is 41.9. The minimum Gasteiger partial charge on any atom is -0.462 e. The van der Waals surface area contributed by atoms with Crippen LogP contribution in [-0.2, 0) is 65.4 Å². The fraction of sp³-hybridized carbons (Fsp3) is 0.951. The second kappa shape index (κ2) is 71.3. The summed E-state index contributed by atoms with van der Waals surface area (Å²) >= 11 is 0. The highest BCUT2D eigenvalue weighted by molar-refractivity contribution is 7.47. The van der Waals surface area contributed by atoms with Crippen molar-refractivity contribution in [2.45, 2.75) is 439 Å². The highest BCUT2D eigenvalue weighted by Gasteiger charge is 2.30. The fourth-order valence-electron chi connectivity index (χ4n) is 12.5. The van der Waals surface area contributed by atoms with E-state index in [1.807, 2.05) is 0 Å². The van der Waals surface area contributed by atoms with Crippen molar-refractivity contribution in [3.05, 3.63) is 0 Å². The summed E-state index contributed by atoms with van der Waals surface area (Å²) in [4.78, 5) is 73.0. The molecule has 0 heterocycles. The third-order valence-corrected chi connectivity index (χ3v) is 21.1. The minimum atomic E-state index is -4.96. The Morgan fingerprint density at radius 1 is 0.290 bits per heavy atom. The Balaban J connectivity index is 5.24. The van der Waals surface area contributed by atoms with E-state index in [1.54, 1.807) is 0 Å². The summed E-state index contributed by atoms with van der Waals surface area (Å²) in [5.74, 6) is 0.199. The molecular weight excluding hydrogens is 1310 g/mol. The molecule has 0 aromatic rings. The predicted molar refractivity (Wildman–Crippen MR) is 409 cm³/mol. The lowest BCUT2D eigenvalue weighted by Crippen LogP contribution is -2.30. The first-order valence-corrected chi connectivity index (χ1v) is 44.9. The Morgan fingerprint density at radius 3 is 0.760 bits per heavy atom. The van der Waals surface area contributed by atoms with Crippen molar-refractivity contribution in [3.8, 4) is 0 Å². The van der Waals surface area contributed by atoms with E-state index in [-0.39, 0.29) is 25.7 Å².